The Labute approximate surface area is 139 Å². The van der Waals surface area contributed by atoms with E-state index in [-0.39, 0.29) is 17.1 Å². The number of aromatic nitrogens is 1. The van der Waals surface area contributed by atoms with Gasteiger partial charge in [-0.2, -0.15) is 0 Å². The van der Waals surface area contributed by atoms with Gasteiger partial charge in [0.1, 0.15) is 18.1 Å². The van der Waals surface area contributed by atoms with E-state index in [9.17, 15) is 14.0 Å². The first-order valence-electron chi connectivity index (χ1n) is 6.92. The van der Waals surface area contributed by atoms with Crippen LogP contribution >= 0.6 is 15.9 Å². The largest absolute Gasteiger partial charge is 0.480 e. The van der Waals surface area contributed by atoms with Gasteiger partial charge in [0.2, 0.25) is 5.89 Å². The van der Waals surface area contributed by atoms with Crippen molar-refractivity contribution < 1.29 is 23.5 Å². The van der Waals surface area contributed by atoms with Gasteiger partial charge < -0.3 is 14.4 Å². The zero-order chi connectivity index (χ0) is 16.6. The van der Waals surface area contributed by atoms with E-state index in [1.807, 2.05) is 0 Å². The summed E-state index contributed by atoms with van der Waals surface area (Å²) in [5.74, 6) is -2.13. The monoisotopic (exact) mass is 382 g/mol. The zero-order valence-corrected chi connectivity index (χ0v) is 13.4. The summed E-state index contributed by atoms with van der Waals surface area (Å²) >= 11 is 3.15. The second-order valence-electron chi connectivity index (χ2n) is 5.16. The normalized spacial score (nSPS) is 17.5. The number of carbonyl (C=O) groups excluding carboxylic acids is 1. The second kappa shape index (κ2) is 6.11. The van der Waals surface area contributed by atoms with Crippen molar-refractivity contribution in [1.29, 1.82) is 0 Å². The molecule has 3 rings (SSSR count). The highest BCUT2D eigenvalue weighted by atomic mass is 79.9. The van der Waals surface area contributed by atoms with Crippen LogP contribution in [0.5, 0.6) is 0 Å². The molecule has 1 unspecified atom stereocenters. The number of hydrogen-bond donors (Lipinski definition) is 1. The summed E-state index contributed by atoms with van der Waals surface area (Å²) in [6.45, 7) is 0.352. The molecule has 1 aromatic heterocycles. The summed E-state index contributed by atoms with van der Waals surface area (Å²) in [6, 6.07) is 3.52. The van der Waals surface area contributed by atoms with Gasteiger partial charge in [-0.05, 0) is 31.0 Å². The topological polar surface area (TPSA) is 83.6 Å². The summed E-state index contributed by atoms with van der Waals surface area (Å²) in [5, 5.41) is 9.13. The summed E-state index contributed by atoms with van der Waals surface area (Å²) in [5.41, 5.74) is 0.0962. The van der Waals surface area contributed by atoms with E-state index in [0.29, 0.717) is 23.9 Å². The zero-order valence-electron chi connectivity index (χ0n) is 11.8. The van der Waals surface area contributed by atoms with Gasteiger partial charge in [0.25, 0.3) is 5.91 Å². The molecule has 1 aliphatic rings. The Balaban J connectivity index is 1.87. The predicted octanol–water partition coefficient (Wildman–Crippen LogP) is 2.93. The van der Waals surface area contributed by atoms with Crippen LogP contribution < -0.4 is 0 Å². The standard InChI is InChI=1S/C15H12BrFN2O4/c16-8-3-4-9(10(17)6-8)13-18-11(7-23-13)14(20)19-5-1-2-12(19)15(21)22/h3-4,6-7,12H,1-2,5H2,(H,21,22). The van der Waals surface area contributed by atoms with Crippen LogP contribution in [0, 0.1) is 5.82 Å². The van der Waals surface area contributed by atoms with Crippen LogP contribution in [0.3, 0.4) is 0 Å². The molecule has 1 atom stereocenters. The van der Waals surface area contributed by atoms with Gasteiger partial charge in [-0.15, -0.1) is 0 Å². The van der Waals surface area contributed by atoms with Gasteiger partial charge in [0.05, 0.1) is 5.56 Å². The molecule has 0 spiro atoms. The minimum absolute atomic E-state index is 0.0237. The number of likely N-dealkylation sites (tertiary alicyclic amines) is 1. The highest BCUT2D eigenvalue weighted by molar-refractivity contribution is 9.10. The third-order valence-corrected chi connectivity index (χ3v) is 4.18. The highest BCUT2D eigenvalue weighted by Crippen LogP contribution is 2.26. The quantitative estimate of drug-likeness (QED) is 0.881. The Kier molecular flexibility index (Phi) is 4.16. The smallest absolute Gasteiger partial charge is 0.326 e. The van der Waals surface area contributed by atoms with E-state index in [4.69, 9.17) is 9.52 Å². The number of oxazole rings is 1. The van der Waals surface area contributed by atoms with Crippen LogP contribution in [0.15, 0.2) is 33.4 Å². The maximum Gasteiger partial charge on any atom is 0.326 e. The third kappa shape index (κ3) is 2.98. The van der Waals surface area contributed by atoms with Crippen molar-refractivity contribution in [3.63, 3.8) is 0 Å². The van der Waals surface area contributed by atoms with Crippen LogP contribution in [0.4, 0.5) is 4.39 Å². The molecule has 1 N–H and O–H groups in total. The Hall–Kier alpha value is -2.22. The Morgan fingerprint density at radius 2 is 2.22 bits per heavy atom. The summed E-state index contributed by atoms with van der Waals surface area (Å²) in [7, 11) is 0. The first-order valence-corrected chi connectivity index (χ1v) is 7.71. The molecule has 23 heavy (non-hydrogen) atoms. The van der Waals surface area contributed by atoms with Crippen molar-refractivity contribution >= 4 is 27.8 Å². The van der Waals surface area contributed by atoms with Crippen LogP contribution in [0.25, 0.3) is 11.5 Å². The van der Waals surface area contributed by atoms with Crippen molar-refractivity contribution in [2.45, 2.75) is 18.9 Å². The predicted molar refractivity (Wildman–Crippen MR) is 81.3 cm³/mol. The van der Waals surface area contributed by atoms with E-state index >= 15 is 0 Å². The number of benzene rings is 1. The van der Waals surface area contributed by atoms with Gasteiger partial charge in [-0.3, -0.25) is 4.79 Å². The van der Waals surface area contributed by atoms with Gasteiger partial charge in [0.15, 0.2) is 5.69 Å². The Morgan fingerprint density at radius 3 is 2.91 bits per heavy atom. The van der Waals surface area contributed by atoms with Crippen molar-refractivity contribution in [2.75, 3.05) is 6.54 Å². The fourth-order valence-electron chi connectivity index (χ4n) is 2.57. The van der Waals surface area contributed by atoms with Gasteiger partial charge in [-0.25, -0.2) is 14.2 Å². The average Bonchev–Trinajstić information content (AvgIpc) is 3.16. The second-order valence-corrected chi connectivity index (χ2v) is 6.07. The molecule has 0 bridgehead atoms. The summed E-state index contributed by atoms with van der Waals surface area (Å²) < 4.78 is 19.7. The molecule has 2 heterocycles. The SMILES string of the molecule is O=C(O)C1CCCN1C(=O)c1coc(-c2ccc(Br)cc2F)n1. The van der Waals surface area contributed by atoms with Crippen LogP contribution in [0.2, 0.25) is 0 Å². The molecule has 6 nitrogen and oxygen atoms in total. The molecule has 1 saturated heterocycles. The van der Waals surface area contributed by atoms with Gasteiger partial charge in [-0.1, -0.05) is 15.9 Å². The summed E-state index contributed by atoms with van der Waals surface area (Å²) in [6.07, 6.45) is 2.15. The molecule has 0 saturated carbocycles. The lowest BCUT2D eigenvalue weighted by atomic mass is 10.2. The first-order chi connectivity index (χ1) is 11.0. The fourth-order valence-corrected chi connectivity index (χ4v) is 2.91. The van der Waals surface area contributed by atoms with E-state index in [1.54, 1.807) is 6.07 Å². The average molecular weight is 383 g/mol. The Bertz CT molecular complexity index is 777. The third-order valence-electron chi connectivity index (χ3n) is 3.68. The number of carbonyl (C=O) groups is 2. The fraction of sp³-hybridized carbons (Fsp3) is 0.267. The Morgan fingerprint density at radius 1 is 1.43 bits per heavy atom. The molecule has 0 radical (unpaired) electrons. The maximum absolute atomic E-state index is 13.9. The first kappa shape index (κ1) is 15.7. The molecule has 120 valence electrons. The van der Waals surface area contributed by atoms with Crippen molar-refractivity contribution in [3.05, 3.63) is 40.4 Å². The van der Waals surface area contributed by atoms with E-state index in [1.165, 1.54) is 17.0 Å². The molecule has 0 aliphatic carbocycles. The maximum atomic E-state index is 13.9. The number of hydrogen-bond acceptors (Lipinski definition) is 4. The molecule has 8 heteroatoms. The van der Waals surface area contributed by atoms with E-state index in [0.717, 1.165) is 6.26 Å². The molecular formula is C15H12BrFN2O4. The molecule has 1 aromatic carbocycles. The number of nitrogens with zero attached hydrogens (tertiary/aromatic N) is 2. The lowest BCUT2D eigenvalue weighted by Crippen LogP contribution is -2.40. The van der Waals surface area contributed by atoms with Crippen LogP contribution in [-0.4, -0.2) is 39.5 Å². The number of amides is 1. The number of aliphatic carboxylic acids is 1. The van der Waals surface area contributed by atoms with Gasteiger partial charge >= 0.3 is 5.97 Å². The molecule has 1 amide bonds. The number of carboxylic acid groups (broad SMARTS) is 1. The van der Waals surface area contributed by atoms with Gasteiger partial charge in [0, 0.05) is 11.0 Å². The minimum Gasteiger partial charge on any atom is -0.480 e. The van der Waals surface area contributed by atoms with E-state index in [2.05, 4.69) is 20.9 Å². The van der Waals surface area contributed by atoms with Crippen molar-refractivity contribution in [1.82, 2.24) is 9.88 Å². The molecular weight excluding hydrogens is 371 g/mol. The highest BCUT2D eigenvalue weighted by Gasteiger charge is 2.35. The van der Waals surface area contributed by atoms with Crippen molar-refractivity contribution in [3.8, 4) is 11.5 Å². The molecule has 1 fully saturated rings. The summed E-state index contributed by atoms with van der Waals surface area (Å²) in [4.78, 5) is 28.8. The van der Waals surface area contributed by atoms with Crippen LogP contribution in [0.1, 0.15) is 23.3 Å². The van der Waals surface area contributed by atoms with E-state index < -0.39 is 23.7 Å². The lowest BCUT2D eigenvalue weighted by Gasteiger charge is -2.19. The lowest BCUT2D eigenvalue weighted by molar-refractivity contribution is -0.141. The van der Waals surface area contributed by atoms with Crippen LogP contribution in [-0.2, 0) is 4.79 Å². The minimum atomic E-state index is -1.04. The number of carboxylic acids is 1. The number of rotatable bonds is 3. The molecule has 1 aliphatic heterocycles. The van der Waals surface area contributed by atoms with Crippen molar-refractivity contribution in [2.24, 2.45) is 0 Å². The molecule has 2 aromatic rings. The number of halogens is 2.